The Bertz CT molecular complexity index is 1090. The molecule has 4 heteroatoms. The van der Waals surface area contributed by atoms with E-state index in [1.165, 1.54) is 55.2 Å². The van der Waals surface area contributed by atoms with Gasteiger partial charge in [-0.25, -0.2) is 4.98 Å². The monoisotopic (exact) mass is 415 g/mol. The molecule has 5 rings (SSSR count). The first-order chi connectivity index (χ1) is 15.1. The fraction of sp³-hybridized carbons (Fsp3) is 0.481. The molecule has 3 aromatic rings. The molecular formula is C27H33N3O. The molecule has 2 fully saturated rings. The van der Waals surface area contributed by atoms with E-state index >= 15 is 0 Å². The van der Waals surface area contributed by atoms with Crippen molar-refractivity contribution in [2.24, 2.45) is 5.92 Å². The Morgan fingerprint density at radius 3 is 2.65 bits per heavy atom. The summed E-state index contributed by atoms with van der Waals surface area (Å²) in [6, 6.07) is 14.8. The lowest BCUT2D eigenvalue weighted by atomic mass is 9.87. The zero-order chi connectivity index (χ0) is 21.4. The summed E-state index contributed by atoms with van der Waals surface area (Å²) in [6.45, 7) is 5.92. The van der Waals surface area contributed by atoms with Crippen molar-refractivity contribution in [1.29, 1.82) is 0 Å². The Morgan fingerprint density at radius 1 is 1.03 bits per heavy atom. The Labute approximate surface area is 185 Å². The number of carbonyl (C=O) groups is 1. The maximum absolute atomic E-state index is 13.0. The largest absolute Gasteiger partial charge is 0.328 e. The van der Waals surface area contributed by atoms with Crippen LogP contribution in [0, 0.1) is 19.8 Å². The van der Waals surface area contributed by atoms with Gasteiger partial charge in [0, 0.05) is 31.1 Å². The van der Waals surface area contributed by atoms with Crippen molar-refractivity contribution >= 4 is 22.6 Å². The van der Waals surface area contributed by atoms with Gasteiger partial charge in [-0.3, -0.25) is 4.79 Å². The van der Waals surface area contributed by atoms with E-state index in [0.29, 0.717) is 6.42 Å². The second-order valence-corrected chi connectivity index (χ2v) is 9.60. The highest BCUT2D eigenvalue weighted by Gasteiger charge is 2.35. The summed E-state index contributed by atoms with van der Waals surface area (Å²) in [6.07, 6.45) is 8.65. The number of para-hydroxylation sites is 2. The molecule has 2 heterocycles. The molecule has 2 aromatic carbocycles. The van der Waals surface area contributed by atoms with E-state index in [1.807, 2.05) is 4.90 Å². The summed E-state index contributed by atoms with van der Waals surface area (Å²) in [5.41, 5.74) is 5.71. The molecular weight excluding hydrogens is 382 g/mol. The van der Waals surface area contributed by atoms with Gasteiger partial charge in [0.15, 0.2) is 0 Å². The lowest BCUT2D eigenvalue weighted by Crippen LogP contribution is -2.25. The van der Waals surface area contributed by atoms with Crippen molar-refractivity contribution in [3.8, 4) is 0 Å². The fourth-order valence-electron chi connectivity index (χ4n) is 5.65. The van der Waals surface area contributed by atoms with E-state index < -0.39 is 0 Å². The Kier molecular flexibility index (Phi) is 5.56. The van der Waals surface area contributed by atoms with E-state index in [1.54, 1.807) is 0 Å². The average Bonchev–Trinajstić information content (AvgIpc) is 3.33. The van der Waals surface area contributed by atoms with E-state index in [0.717, 1.165) is 36.0 Å². The molecule has 2 aliphatic rings. The van der Waals surface area contributed by atoms with Crippen LogP contribution < -0.4 is 4.90 Å². The number of aryl methyl sites for hydroxylation is 3. The third kappa shape index (κ3) is 4.00. The third-order valence-electron chi connectivity index (χ3n) is 7.30. The van der Waals surface area contributed by atoms with Gasteiger partial charge in [0.25, 0.3) is 0 Å². The van der Waals surface area contributed by atoms with E-state index in [9.17, 15) is 4.79 Å². The Hall–Kier alpha value is -2.62. The van der Waals surface area contributed by atoms with Crippen LogP contribution in [0.5, 0.6) is 0 Å². The molecule has 1 unspecified atom stereocenters. The van der Waals surface area contributed by atoms with Crippen LogP contribution in [0.3, 0.4) is 0 Å². The molecule has 31 heavy (non-hydrogen) atoms. The van der Waals surface area contributed by atoms with Crippen molar-refractivity contribution in [3.05, 3.63) is 59.4 Å². The standard InChI is InChI=1S/C27H33N3O/c1-19-12-13-24(20(2)16-19)30-18-22(17-26(30)31)27-28-23-10-6-7-11-25(23)29(27)15-14-21-8-4-3-5-9-21/h6-7,10-13,16,21-22H,3-5,8-9,14-15,17-18H2,1-2H3. The third-order valence-corrected chi connectivity index (χ3v) is 7.30. The smallest absolute Gasteiger partial charge is 0.227 e. The van der Waals surface area contributed by atoms with Crippen molar-refractivity contribution in [2.75, 3.05) is 11.4 Å². The highest BCUT2D eigenvalue weighted by molar-refractivity contribution is 5.97. The number of amides is 1. The summed E-state index contributed by atoms with van der Waals surface area (Å²) >= 11 is 0. The van der Waals surface area contributed by atoms with Crippen molar-refractivity contribution < 1.29 is 4.79 Å². The predicted molar refractivity (Wildman–Crippen MR) is 127 cm³/mol. The zero-order valence-electron chi connectivity index (χ0n) is 18.8. The Balaban J connectivity index is 1.43. The summed E-state index contributed by atoms with van der Waals surface area (Å²) < 4.78 is 2.42. The predicted octanol–water partition coefficient (Wildman–Crippen LogP) is 6.14. The quantitative estimate of drug-likeness (QED) is 0.502. The molecule has 1 atom stereocenters. The van der Waals surface area contributed by atoms with Crippen LogP contribution in [0.4, 0.5) is 5.69 Å². The van der Waals surface area contributed by atoms with Gasteiger partial charge >= 0.3 is 0 Å². The number of carbonyl (C=O) groups excluding carboxylic acids is 1. The van der Waals surface area contributed by atoms with Crippen molar-refractivity contribution in [3.63, 3.8) is 0 Å². The van der Waals surface area contributed by atoms with Gasteiger partial charge in [0.1, 0.15) is 5.82 Å². The highest BCUT2D eigenvalue weighted by Crippen LogP contribution is 2.35. The van der Waals surface area contributed by atoms with Crippen LogP contribution >= 0.6 is 0 Å². The van der Waals surface area contributed by atoms with Gasteiger partial charge in [-0.05, 0) is 49.9 Å². The summed E-state index contributed by atoms with van der Waals surface area (Å²) in [5.74, 6) is 2.28. The van der Waals surface area contributed by atoms with E-state index in [4.69, 9.17) is 4.98 Å². The molecule has 4 nitrogen and oxygen atoms in total. The van der Waals surface area contributed by atoms with Gasteiger partial charge in [0.05, 0.1) is 11.0 Å². The molecule has 1 aliphatic carbocycles. The molecule has 0 bridgehead atoms. The number of fused-ring (bicyclic) bond motifs is 1. The first kappa shape index (κ1) is 20.3. The number of hydrogen-bond acceptors (Lipinski definition) is 2. The molecule has 1 aromatic heterocycles. The molecule has 162 valence electrons. The molecule has 0 spiro atoms. The lowest BCUT2D eigenvalue weighted by molar-refractivity contribution is -0.117. The normalized spacial score (nSPS) is 20.1. The minimum Gasteiger partial charge on any atom is -0.328 e. The molecule has 1 aliphatic heterocycles. The second-order valence-electron chi connectivity index (χ2n) is 9.60. The average molecular weight is 416 g/mol. The van der Waals surface area contributed by atoms with Crippen molar-refractivity contribution in [2.45, 2.75) is 71.3 Å². The minimum atomic E-state index is 0.145. The fourth-order valence-corrected chi connectivity index (χ4v) is 5.65. The molecule has 0 N–H and O–H groups in total. The van der Waals surface area contributed by atoms with Gasteiger partial charge in [-0.15, -0.1) is 0 Å². The maximum atomic E-state index is 13.0. The number of benzene rings is 2. The first-order valence-corrected chi connectivity index (χ1v) is 11.9. The molecule has 1 amide bonds. The zero-order valence-corrected chi connectivity index (χ0v) is 18.8. The SMILES string of the molecule is Cc1ccc(N2CC(c3nc4ccccc4n3CCC3CCCCC3)CC2=O)c(C)c1. The van der Waals surface area contributed by atoms with Gasteiger partial charge < -0.3 is 9.47 Å². The van der Waals surface area contributed by atoms with Crippen LogP contribution in [-0.2, 0) is 11.3 Å². The van der Waals surface area contributed by atoms with Crippen LogP contribution in [0.25, 0.3) is 11.0 Å². The van der Waals surface area contributed by atoms with Gasteiger partial charge in [-0.2, -0.15) is 0 Å². The van der Waals surface area contributed by atoms with E-state index in [-0.39, 0.29) is 11.8 Å². The highest BCUT2D eigenvalue weighted by atomic mass is 16.2. The van der Waals surface area contributed by atoms with Gasteiger partial charge in [-0.1, -0.05) is 61.9 Å². The first-order valence-electron chi connectivity index (χ1n) is 11.9. The molecule has 1 saturated heterocycles. The van der Waals surface area contributed by atoms with E-state index in [2.05, 4.69) is 60.9 Å². The van der Waals surface area contributed by atoms with Crippen LogP contribution in [0.2, 0.25) is 0 Å². The Morgan fingerprint density at radius 2 is 1.84 bits per heavy atom. The summed E-state index contributed by atoms with van der Waals surface area (Å²) in [4.78, 5) is 20.0. The molecule has 1 saturated carbocycles. The second kappa shape index (κ2) is 8.49. The van der Waals surface area contributed by atoms with Crippen LogP contribution in [-0.4, -0.2) is 22.0 Å². The van der Waals surface area contributed by atoms with Crippen LogP contribution in [0.15, 0.2) is 42.5 Å². The molecule has 0 radical (unpaired) electrons. The number of anilines is 1. The summed E-state index contributed by atoms with van der Waals surface area (Å²) in [7, 11) is 0. The minimum absolute atomic E-state index is 0.145. The van der Waals surface area contributed by atoms with Crippen LogP contribution in [0.1, 0.15) is 67.8 Å². The lowest BCUT2D eigenvalue weighted by Gasteiger charge is -2.23. The number of nitrogens with zero attached hydrogens (tertiary/aromatic N) is 3. The number of rotatable bonds is 5. The van der Waals surface area contributed by atoms with Crippen molar-refractivity contribution in [1.82, 2.24) is 9.55 Å². The number of hydrogen-bond donors (Lipinski definition) is 0. The number of imidazole rings is 1. The summed E-state index contributed by atoms with van der Waals surface area (Å²) in [5, 5.41) is 0. The number of aromatic nitrogens is 2. The maximum Gasteiger partial charge on any atom is 0.227 e. The van der Waals surface area contributed by atoms with Gasteiger partial charge in [0.2, 0.25) is 5.91 Å². The topological polar surface area (TPSA) is 38.1 Å².